The highest BCUT2D eigenvalue weighted by atomic mass is 32.2. The molecule has 0 radical (unpaired) electrons. The van der Waals surface area contributed by atoms with E-state index >= 15 is 0 Å². The van der Waals surface area contributed by atoms with Gasteiger partial charge in [-0.1, -0.05) is 42.5 Å². The van der Waals surface area contributed by atoms with Gasteiger partial charge in [0, 0.05) is 17.7 Å². The molecular weight excluding hydrogens is 400 g/mol. The van der Waals surface area contributed by atoms with Gasteiger partial charge in [0.1, 0.15) is 5.82 Å². The van der Waals surface area contributed by atoms with Crippen LogP contribution < -0.4 is 5.32 Å². The molecule has 4 rings (SSSR count). The second-order valence-corrected chi connectivity index (χ2v) is 7.46. The number of aromatic nitrogens is 2. The minimum Gasteiger partial charge on any atom is -0.307 e. The van der Waals surface area contributed by atoms with Crippen LogP contribution in [0.5, 0.6) is 0 Å². The van der Waals surface area contributed by atoms with Crippen molar-refractivity contribution in [2.24, 2.45) is 0 Å². The first kappa shape index (κ1) is 19.7. The van der Waals surface area contributed by atoms with Crippen LogP contribution in [0.3, 0.4) is 0 Å². The number of carbonyl (C=O) groups excluding carboxylic acids is 1. The van der Waals surface area contributed by atoms with Crippen molar-refractivity contribution in [2.75, 3.05) is 11.6 Å². The van der Waals surface area contributed by atoms with E-state index in [4.69, 9.17) is 0 Å². The Labute approximate surface area is 176 Å². The highest BCUT2D eigenvalue weighted by molar-refractivity contribution is 7.98. The van der Waals surface area contributed by atoms with Crippen LogP contribution in [0.25, 0.3) is 10.8 Å². The van der Waals surface area contributed by atoms with Gasteiger partial charge in [0.15, 0.2) is 0 Å². The Bertz CT molecular complexity index is 1250. The predicted molar refractivity (Wildman–Crippen MR) is 118 cm³/mol. The van der Waals surface area contributed by atoms with E-state index in [0.29, 0.717) is 17.3 Å². The highest BCUT2D eigenvalue weighted by Crippen LogP contribution is 2.28. The fourth-order valence-corrected chi connectivity index (χ4v) is 3.87. The van der Waals surface area contributed by atoms with Crippen molar-refractivity contribution in [1.29, 1.82) is 0 Å². The summed E-state index contributed by atoms with van der Waals surface area (Å²) in [5, 5.41) is 20.7. The van der Waals surface area contributed by atoms with Gasteiger partial charge in [-0.05, 0) is 34.7 Å². The van der Waals surface area contributed by atoms with Gasteiger partial charge < -0.3 is 5.32 Å². The van der Waals surface area contributed by atoms with E-state index in [0.717, 1.165) is 16.3 Å². The Balaban J connectivity index is 1.59. The molecule has 8 heteroatoms. The number of anilines is 1. The van der Waals surface area contributed by atoms with Crippen molar-refractivity contribution in [3.8, 4) is 0 Å². The van der Waals surface area contributed by atoms with Gasteiger partial charge >= 0.3 is 0 Å². The minimum atomic E-state index is -0.479. The molecule has 1 amide bonds. The molecule has 1 aromatic heterocycles. The standard InChI is InChI=1S/C22H18N4O3S/c1-30-20-10-9-16(13-19(20)26(28)29)22(27)24-21-11-12-23-25(21)14-17-7-4-6-15-5-2-3-8-18(15)17/h2-13H,14H2,1H3,(H,24,27). The van der Waals surface area contributed by atoms with E-state index in [1.165, 1.54) is 17.8 Å². The van der Waals surface area contributed by atoms with E-state index in [1.807, 2.05) is 24.3 Å². The Kier molecular flexibility index (Phi) is 5.49. The number of nitrogens with zero attached hydrogens (tertiary/aromatic N) is 3. The van der Waals surface area contributed by atoms with Gasteiger partial charge in [-0.15, -0.1) is 11.8 Å². The number of hydrogen-bond acceptors (Lipinski definition) is 5. The first-order valence-electron chi connectivity index (χ1n) is 9.19. The third-order valence-corrected chi connectivity index (χ3v) is 5.58. The van der Waals surface area contributed by atoms with Crippen LogP contribution in [0.1, 0.15) is 15.9 Å². The Morgan fingerprint density at radius 1 is 1.13 bits per heavy atom. The minimum absolute atomic E-state index is 0.0839. The number of nitrogens with one attached hydrogen (secondary N) is 1. The number of fused-ring (bicyclic) bond motifs is 1. The van der Waals surface area contributed by atoms with Gasteiger partial charge in [-0.3, -0.25) is 14.9 Å². The Morgan fingerprint density at radius 2 is 1.93 bits per heavy atom. The average Bonchev–Trinajstić information content (AvgIpc) is 3.20. The van der Waals surface area contributed by atoms with Crippen molar-refractivity contribution in [3.63, 3.8) is 0 Å². The van der Waals surface area contributed by atoms with E-state index in [1.54, 1.807) is 35.3 Å². The molecule has 1 heterocycles. The van der Waals surface area contributed by atoms with E-state index in [9.17, 15) is 14.9 Å². The van der Waals surface area contributed by atoms with Crippen molar-refractivity contribution in [1.82, 2.24) is 9.78 Å². The normalized spacial score (nSPS) is 10.8. The third-order valence-electron chi connectivity index (χ3n) is 4.80. The molecule has 1 N–H and O–H groups in total. The number of nitro groups is 1. The molecule has 0 aliphatic rings. The fourth-order valence-electron chi connectivity index (χ4n) is 3.32. The fraction of sp³-hybridized carbons (Fsp3) is 0.0909. The Morgan fingerprint density at radius 3 is 2.73 bits per heavy atom. The number of rotatable bonds is 6. The lowest BCUT2D eigenvalue weighted by Crippen LogP contribution is -2.16. The van der Waals surface area contributed by atoms with Gasteiger partial charge in [0.2, 0.25) is 0 Å². The molecule has 0 spiro atoms. The molecule has 0 atom stereocenters. The molecule has 0 bridgehead atoms. The molecule has 0 aliphatic carbocycles. The number of carbonyl (C=O) groups is 1. The van der Waals surface area contributed by atoms with E-state index < -0.39 is 10.8 Å². The first-order chi connectivity index (χ1) is 14.6. The van der Waals surface area contributed by atoms with Crippen molar-refractivity contribution in [3.05, 3.63) is 94.2 Å². The number of hydrogen-bond donors (Lipinski definition) is 1. The highest BCUT2D eigenvalue weighted by Gasteiger charge is 2.18. The third kappa shape index (κ3) is 3.90. The lowest BCUT2D eigenvalue weighted by Gasteiger charge is -2.11. The SMILES string of the molecule is CSc1ccc(C(=O)Nc2ccnn2Cc2cccc3ccccc23)cc1[N+](=O)[O-]. The monoisotopic (exact) mass is 418 g/mol. The van der Waals surface area contributed by atoms with Crippen molar-refractivity contribution >= 4 is 39.9 Å². The zero-order chi connectivity index (χ0) is 21.1. The van der Waals surface area contributed by atoms with Crippen LogP contribution in [0.15, 0.2) is 77.8 Å². The summed E-state index contributed by atoms with van der Waals surface area (Å²) in [4.78, 5) is 24.0. The summed E-state index contributed by atoms with van der Waals surface area (Å²) in [6.07, 6.45) is 3.37. The zero-order valence-electron chi connectivity index (χ0n) is 16.1. The van der Waals surface area contributed by atoms with Crippen LogP contribution >= 0.6 is 11.8 Å². The van der Waals surface area contributed by atoms with Crippen molar-refractivity contribution < 1.29 is 9.72 Å². The smallest absolute Gasteiger partial charge is 0.283 e. The molecule has 0 aliphatic heterocycles. The molecule has 7 nitrogen and oxygen atoms in total. The molecule has 0 unspecified atom stereocenters. The number of amides is 1. The summed E-state index contributed by atoms with van der Waals surface area (Å²) >= 11 is 1.27. The maximum atomic E-state index is 12.7. The second-order valence-electron chi connectivity index (χ2n) is 6.61. The summed E-state index contributed by atoms with van der Waals surface area (Å²) in [5.41, 5.74) is 1.21. The summed E-state index contributed by atoms with van der Waals surface area (Å²) in [6, 6.07) is 20.3. The molecule has 30 heavy (non-hydrogen) atoms. The second kappa shape index (κ2) is 8.38. The average molecular weight is 418 g/mol. The van der Waals surface area contributed by atoms with Gasteiger partial charge in [-0.2, -0.15) is 5.10 Å². The summed E-state index contributed by atoms with van der Waals surface area (Å²) in [7, 11) is 0. The largest absolute Gasteiger partial charge is 0.307 e. The first-order valence-corrected chi connectivity index (χ1v) is 10.4. The lowest BCUT2D eigenvalue weighted by atomic mass is 10.0. The summed E-state index contributed by atoms with van der Waals surface area (Å²) in [6.45, 7) is 0.482. The molecular formula is C22H18N4O3S. The van der Waals surface area contributed by atoms with E-state index in [-0.39, 0.29) is 11.3 Å². The molecule has 150 valence electrons. The predicted octanol–water partition coefficient (Wildman–Crippen LogP) is 4.97. The van der Waals surface area contributed by atoms with Crippen LogP contribution in [0.2, 0.25) is 0 Å². The summed E-state index contributed by atoms with van der Waals surface area (Å²) in [5.74, 6) is 0.0925. The lowest BCUT2D eigenvalue weighted by molar-refractivity contribution is -0.387. The number of nitro benzene ring substituents is 1. The maximum Gasteiger partial charge on any atom is 0.283 e. The maximum absolute atomic E-state index is 12.7. The van der Waals surface area contributed by atoms with E-state index in [2.05, 4.69) is 28.6 Å². The van der Waals surface area contributed by atoms with Crippen LogP contribution in [-0.2, 0) is 6.54 Å². The van der Waals surface area contributed by atoms with Crippen molar-refractivity contribution in [2.45, 2.75) is 11.4 Å². The Hall–Kier alpha value is -3.65. The summed E-state index contributed by atoms with van der Waals surface area (Å²) < 4.78 is 1.70. The van der Waals surface area contributed by atoms with Crippen LogP contribution in [0, 0.1) is 10.1 Å². The van der Waals surface area contributed by atoms with Gasteiger partial charge in [-0.25, -0.2) is 4.68 Å². The number of thioether (sulfide) groups is 1. The van der Waals surface area contributed by atoms with Crippen LogP contribution in [0.4, 0.5) is 11.5 Å². The molecule has 0 fully saturated rings. The van der Waals surface area contributed by atoms with Crippen LogP contribution in [-0.4, -0.2) is 26.9 Å². The molecule has 0 saturated heterocycles. The quantitative estimate of drug-likeness (QED) is 0.271. The molecule has 0 saturated carbocycles. The molecule has 3 aromatic carbocycles. The van der Waals surface area contributed by atoms with Gasteiger partial charge in [0.05, 0.1) is 22.6 Å². The zero-order valence-corrected chi connectivity index (χ0v) is 16.9. The number of benzene rings is 3. The molecule has 4 aromatic rings. The topological polar surface area (TPSA) is 90.1 Å². The van der Waals surface area contributed by atoms with Gasteiger partial charge in [0.25, 0.3) is 11.6 Å².